The molecule has 0 atom stereocenters. The molecule has 0 radical (unpaired) electrons. The maximum absolute atomic E-state index is 11.2. The fourth-order valence-corrected chi connectivity index (χ4v) is 0.986. The summed E-state index contributed by atoms with van der Waals surface area (Å²) < 4.78 is 4.77. The maximum atomic E-state index is 11.2. The molecule has 13 heavy (non-hydrogen) atoms. The van der Waals surface area contributed by atoms with E-state index in [2.05, 4.69) is 4.98 Å². The van der Waals surface area contributed by atoms with Crippen molar-refractivity contribution in [1.82, 2.24) is 4.98 Å². The summed E-state index contributed by atoms with van der Waals surface area (Å²) in [7, 11) is 0. The van der Waals surface area contributed by atoms with Gasteiger partial charge in [0.25, 0.3) is 5.56 Å². The summed E-state index contributed by atoms with van der Waals surface area (Å²) in [6.07, 6.45) is 1.43. The monoisotopic (exact) mass is 181 g/mol. The lowest BCUT2D eigenvalue weighted by Gasteiger charge is -2.02. The van der Waals surface area contributed by atoms with Crippen molar-refractivity contribution < 1.29 is 9.53 Å². The van der Waals surface area contributed by atoms with Gasteiger partial charge in [0.05, 0.1) is 12.2 Å². The number of aromatic nitrogens is 1. The number of esters is 1. The van der Waals surface area contributed by atoms with E-state index in [4.69, 9.17) is 4.74 Å². The Morgan fingerprint density at radius 2 is 2.31 bits per heavy atom. The first-order valence-electron chi connectivity index (χ1n) is 4.02. The second kappa shape index (κ2) is 3.89. The van der Waals surface area contributed by atoms with Crippen molar-refractivity contribution >= 4 is 5.97 Å². The smallest absolute Gasteiger partial charge is 0.338 e. The number of hydrogen-bond donors (Lipinski definition) is 1. The Hall–Kier alpha value is -1.58. The van der Waals surface area contributed by atoms with Gasteiger partial charge in [-0.15, -0.1) is 0 Å². The number of carbonyl (C=O) groups is 1. The van der Waals surface area contributed by atoms with E-state index >= 15 is 0 Å². The zero-order valence-corrected chi connectivity index (χ0v) is 7.59. The van der Waals surface area contributed by atoms with Crippen LogP contribution in [0.25, 0.3) is 0 Å². The number of carbonyl (C=O) groups excluding carboxylic acids is 1. The third-order valence-electron chi connectivity index (χ3n) is 1.70. The molecule has 0 aliphatic rings. The predicted octanol–water partition coefficient (Wildman–Crippen LogP) is 0.860. The molecule has 1 heterocycles. The average Bonchev–Trinajstić information content (AvgIpc) is 2.10. The molecule has 0 aromatic carbocycles. The molecule has 0 spiro atoms. The van der Waals surface area contributed by atoms with Crippen molar-refractivity contribution in [2.75, 3.05) is 6.61 Å². The number of rotatable bonds is 2. The highest BCUT2D eigenvalue weighted by molar-refractivity contribution is 5.90. The summed E-state index contributed by atoms with van der Waals surface area (Å²) in [5.41, 5.74) is 0.456. The SMILES string of the molecule is CCOC(=O)c1cc[nH]c(=O)c1C. The molecule has 1 rings (SSSR count). The van der Waals surface area contributed by atoms with Crippen LogP contribution in [0.1, 0.15) is 22.8 Å². The second-order valence-electron chi connectivity index (χ2n) is 2.57. The van der Waals surface area contributed by atoms with E-state index in [-0.39, 0.29) is 5.56 Å². The molecule has 1 aromatic rings. The van der Waals surface area contributed by atoms with Crippen LogP contribution in [-0.4, -0.2) is 17.6 Å². The summed E-state index contributed by atoms with van der Waals surface area (Å²) in [5, 5.41) is 0. The number of H-pyrrole nitrogens is 1. The standard InChI is InChI=1S/C9H11NO3/c1-3-13-9(12)7-4-5-10-8(11)6(7)2/h4-5H,3H2,1-2H3,(H,10,11). The summed E-state index contributed by atoms with van der Waals surface area (Å²) in [6.45, 7) is 3.62. The maximum Gasteiger partial charge on any atom is 0.338 e. The highest BCUT2D eigenvalue weighted by Gasteiger charge is 2.10. The molecule has 0 amide bonds. The van der Waals surface area contributed by atoms with Gasteiger partial charge >= 0.3 is 5.97 Å². The predicted molar refractivity (Wildman–Crippen MR) is 47.8 cm³/mol. The molecule has 0 bridgehead atoms. The Labute approximate surface area is 75.5 Å². The Balaban J connectivity index is 3.08. The van der Waals surface area contributed by atoms with Crippen molar-refractivity contribution in [3.63, 3.8) is 0 Å². The minimum absolute atomic E-state index is 0.259. The van der Waals surface area contributed by atoms with Gasteiger partial charge in [-0.05, 0) is 19.9 Å². The van der Waals surface area contributed by atoms with Crippen LogP contribution >= 0.6 is 0 Å². The number of hydrogen-bond acceptors (Lipinski definition) is 3. The van der Waals surface area contributed by atoms with Crippen LogP contribution in [0.5, 0.6) is 0 Å². The average molecular weight is 181 g/mol. The van der Waals surface area contributed by atoms with Gasteiger partial charge in [0, 0.05) is 11.8 Å². The Bertz CT molecular complexity index is 367. The lowest BCUT2D eigenvalue weighted by atomic mass is 10.1. The van der Waals surface area contributed by atoms with E-state index < -0.39 is 5.97 Å². The van der Waals surface area contributed by atoms with Crippen molar-refractivity contribution in [1.29, 1.82) is 0 Å². The number of pyridine rings is 1. The summed E-state index contributed by atoms with van der Waals surface area (Å²) in [5.74, 6) is -0.453. The van der Waals surface area contributed by atoms with E-state index in [0.717, 1.165) is 0 Å². The molecule has 70 valence electrons. The van der Waals surface area contributed by atoms with Crippen LogP contribution < -0.4 is 5.56 Å². The van der Waals surface area contributed by atoms with E-state index in [9.17, 15) is 9.59 Å². The lowest BCUT2D eigenvalue weighted by molar-refractivity contribution is 0.0525. The van der Waals surface area contributed by atoms with Crippen molar-refractivity contribution in [3.8, 4) is 0 Å². The molecule has 4 nitrogen and oxygen atoms in total. The number of aromatic amines is 1. The lowest BCUT2D eigenvalue weighted by Crippen LogP contribution is -2.16. The number of ether oxygens (including phenoxy) is 1. The molecular weight excluding hydrogens is 170 g/mol. The van der Waals surface area contributed by atoms with Crippen molar-refractivity contribution in [3.05, 3.63) is 33.7 Å². The zero-order chi connectivity index (χ0) is 9.84. The quantitative estimate of drug-likeness (QED) is 0.688. The topological polar surface area (TPSA) is 59.2 Å². The van der Waals surface area contributed by atoms with Crippen LogP contribution in [0.15, 0.2) is 17.1 Å². The van der Waals surface area contributed by atoms with Gasteiger partial charge in [-0.25, -0.2) is 4.79 Å². The molecule has 0 saturated heterocycles. The van der Waals surface area contributed by atoms with Gasteiger partial charge in [0.1, 0.15) is 0 Å². The summed E-state index contributed by atoms with van der Waals surface area (Å²) in [4.78, 5) is 24.8. The Morgan fingerprint density at radius 1 is 1.62 bits per heavy atom. The Morgan fingerprint density at radius 3 is 2.92 bits per heavy atom. The van der Waals surface area contributed by atoms with Gasteiger partial charge < -0.3 is 9.72 Å². The van der Waals surface area contributed by atoms with Crippen LogP contribution in [0.2, 0.25) is 0 Å². The number of nitrogens with one attached hydrogen (secondary N) is 1. The third kappa shape index (κ3) is 1.96. The molecular formula is C9H11NO3. The first-order chi connectivity index (χ1) is 6.16. The minimum atomic E-state index is -0.453. The molecule has 0 fully saturated rings. The van der Waals surface area contributed by atoms with E-state index in [1.165, 1.54) is 12.3 Å². The van der Waals surface area contributed by atoms with Gasteiger partial charge in [-0.2, -0.15) is 0 Å². The molecule has 0 unspecified atom stereocenters. The zero-order valence-electron chi connectivity index (χ0n) is 7.59. The van der Waals surface area contributed by atoms with Crippen LogP contribution in [0, 0.1) is 6.92 Å². The van der Waals surface area contributed by atoms with Gasteiger partial charge in [0.15, 0.2) is 0 Å². The molecule has 0 saturated carbocycles. The summed E-state index contributed by atoms with van der Waals surface area (Å²) in [6, 6.07) is 1.54. The first-order valence-corrected chi connectivity index (χ1v) is 4.02. The largest absolute Gasteiger partial charge is 0.462 e. The van der Waals surface area contributed by atoms with Crippen LogP contribution in [0.4, 0.5) is 0 Å². The van der Waals surface area contributed by atoms with E-state index in [0.29, 0.717) is 17.7 Å². The Kier molecular flexibility index (Phi) is 2.84. The highest BCUT2D eigenvalue weighted by Crippen LogP contribution is 2.02. The van der Waals surface area contributed by atoms with Crippen LogP contribution in [-0.2, 0) is 4.74 Å². The highest BCUT2D eigenvalue weighted by atomic mass is 16.5. The van der Waals surface area contributed by atoms with Gasteiger partial charge in [-0.1, -0.05) is 0 Å². The fraction of sp³-hybridized carbons (Fsp3) is 0.333. The van der Waals surface area contributed by atoms with Crippen molar-refractivity contribution in [2.45, 2.75) is 13.8 Å². The van der Waals surface area contributed by atoms with E-state index in [1.54, 1.807) is 13.8 Å². The molecule has 0 aliphatic heterocycles. The van der Waals surface area contributed by atoms with E-state index in [1.807, 2.05) is 0 Å². The van der Waals surface area contributed by atoms with Crippen LogP contribution in [0.3, 0.4) is 0 Å². The fourth-order valence-electron chi connectivity index (χ4n) is 0.986. The molecule has 4 heteroatoms. The normalized spacial score (nSPS) is 9.69. The minimum Gasteiger partial charge on any atom is -0.462 e. The molecule has 1 N–H and O–H groups in total. The third-order valence-corrected chi connectivity index (χ3v) is 1.70. The van der Waals surface area contributed by atoms with Crippen molar-refractivity contribution in [2.24, 2.45) is 0 Å². The first kappa shape index (κ1) is 9.51. The molecule has 0 aliphatic carbocycles. The summed E-state index contributed by atoms with van der Waals surface area (Å²) >= 11 is 0. The van der Waals surface area contributed by atoms with Gasteiger partial charge in [-0.3, -0.25) is 4.79 Å². The molecule has 1 aromatic heterocycles. The van der Waals surface area contributed by atoms with Gasteiger partial charge in [0.2, 0.25) is 0 Å². The second-order valence-corrected chi connectivity index (χ2v) is 2.57.